The average molecular weight is 424 g/mol. The van der Waals surface area contributed by atoms with Crippen LogP contribution in [0.15, 0.2) is 23.1 Å². The number of hydrogen-bond donors (Lipinski definition) is 2. The van der Waals surface area contributed by atoms with E-state index in [1.54, 1.807) is 30.3 Å². The number of H-pyrrole nitrogens is 1. The van der Waals surface area contributed by atoms with Gasteiger partial charge >= 0.3 is 0 Å². The second-order valence-electron chi connectivity index (χ2n) is 7.33. The Bertz CT molecular complexity index is 990. The lowest BCUT2D eigenvalue weighted by Gasteiger charge is -2.20. The van der Waals surface area contributed by atoms with Gasteiger partial charge in [0, 0.05) is 18.8 Å². The molecule has 1 saturated heterocycles. The zero-order valence-electron chi connectivity index (χ0n) is 16.4. The molecule has 0 spiro atoms. The van der Waals surface area contributed by atoms with Crippen LogP contribution in [0.5, 0.6) is 0 Å². The van der Waals surface area contributed by atoms with Crippen LogP contribution in [0.1, 0.15) is 53.0 Å². The molecular weight excluding hydrogens is 398 g/mol. The molecule has 1 aliphatic rings. The largest absolute Gasteiger partial charge is 0.353 e. The van der Waals surface area contributed by atoms with Gasteiger partial charge in [-0.2, -0.15) is 4.31 Å². The molecule has 0 saturated carbocycles. The summed E-state index contributed by atoms with van der Waals surface area (Å²) < 4.78 is 28.0. The van der Waals surface area contributed by atoms with E-state index in [1.807, 2.05) is 13.0 Å². The summed E-state index contributed by atoms with van der Waals surface area (Å²) in [6.07, 6.45) is 3.81. The zero-order valence-corrected chi connectivity index (χ0v) is 18.0. The number of carbonyl (C=O) groups is 1. The van der Waals surface area contributed by atoms with Crippen LogP contribution in [0.4, 0.5) is 5.69 Å². The highest BCUT2D eigenvalue weighted by atomic mass is 35.5. The number of nitrogens with one attached hydrogen (secondary N) is 2. The molecule has 0 aliphatic carbocycles. The fourth-order valence-corrected chi connectivity index (χ4v) is 5.87. The number of amides is 1. The maximum absolute atomic E-state index is 13.2. The second kappa shape index (κ2) is 8.27. The molecular formula is C20H26ClN3O3S. The number of sulfonamides is 1. The SMILES string of the molecule is Cc1ccc(NC(=O)c2[nH]c(C)c(S(=O)(=O)N3CCCCCC3)c2C)c(Cl)c1. The average Bonchev–Trinajstić information content (AvgIpc) is 2.80. The van der Waals surface area contributed by atoms with E-state index in [0.717, 1.165) is 31.2 Å². The van der Waals surface area contributed by atoms with E-state index in [0.29, 0.717) is 35.1 Å². The number of anilines is 1. The predicted molar refractivity (Wildman–Crippen MR) is 112 cm³/mol. The Morgan fingerprint density at radius 1 is 1.11 bits per heavy atom. The first kappa shape index (κ1) is 20.9. The van der Waals surface area contributed by atoms with Crippen LogP contribution >= 0.6 is 11.6 Å². The van der Waals surface area contributed by atoms with Crippen LogP contribution in [0, 0.1) is 20.8 Å². The van der Waals surface area contributed by atoms with Crippen LogP contribution in [-0.4, -0.2) is 36.7 Å². The Morgan fingerprint density at radius 2 is 1.75 bits per heavy atom. The molecule has 0 unspecified atom stereocenters. The van der Waals surface area contributed by atoms with Crippen molar-refractivity contribution >= 4 is 33.2 Å². The summed E-state index contributed by atoms with van der Waals surface area (Å²) in [5.41, 5.74) is 2.62. The van der Waals surface area contributed by atoms with Gasteiger partial charge in [0.1, 0.15) is 10.6 Å². The number of halogens is 1. The minimum Gasteiger partial charge on any atom is -0.353 e. The van der Waals surface area contributed by atoms with E-state index in [9.17, 15) is 13.2 Å². The Balaban J connectivity index is 1.91. The van der Waals surface area contributed by atoms with Crippen molar-refractivity contribution in [1.82, 2.24) is 9.29 Å². The molecule has 1 amide bonds. The molecule has 1 aromatic carbocycles. The fourth-order valence-electron chi connectivity index (χ4n) is 3.66. The molecule has 8 heteroatoms. The molecule has 3 rings (SSSR count). The Labute approximate surface area is 171 Å². The van der Waals surface area contributed by atoms with Gasteiger partial charge in [0.05, 0.1) is 10.7 Å². The summed E-state index contributed by atoms with van der Waals surface area (Å²) in [5, 5.41) is 3.20. The van der Waals surface area contributed by atoms with Crippen LogP contribution in [0.2, 0.25) is 5.02 Å². The summed E-state index contributed by atoms with van der Waals surface area (Å²) in [6.45, 7) is 6.31. The van der Waals surface area contributed by atoms with E-state index >= 15 is 0 Å². The Hall–Kier alpha value is -1.83. The molecule has 1 aliphatic heterocycles. The summed E-state index contributed by atoms with van der Waals surface area (Å²) in [7, 11) is -3.65. The number of carbonyl (C=O) groups excluding carboxylic acids is 1. The van der Waals surface area contributed by atoms with E-state index in [2.05, 4.69) is 10.3 Å². The number of benzene rings is 1. The number of aromatic nitrogens is 1. The highest BCUT2D eigenvalue weighted by Crippen LogP contribution is 2.29. The van der Waals surface area contributed by atoms with Gasteiger partial charge in [-0.05, 0) is 56.9 Å². The molecule has 0 bridgehead atoms. The van der Waals surface area contributed by atoms with Crippen molar-refractivity contribution in [3.8, 4) is 0 Å². The minimum atomic E-state index is -3.65. The van der Waals surface area contributed by atoms with Gasteiger partial charge in [0.2, 0.25) is 10.0 Å². The third kappa shape index (κ3) is 4.11. The van der Waals surface area contributed by atoms with Gasteiger partial charge in [-0.15, -0.1) is 0 Å². The van der Waals surface area contributed by atoms with Crippen molar-refractivity contribution in [3.63, 3.8) is 0 Å². The minimum absolute atomic E-state index is 0.203. The molecule has 2 heterocycles. The lowest BCUT2D eigenvalue weighted by Crippen LogP contribution is -2.32. The number of hydrogen-bond acceptors (Lipinski definition) is 3. The predicted octanol–water partition coefficient (Wildman–Crippen LogP) is 4.41. The van der Waals surface area contributed by atoms with Gasteiger partial charge in [-0.3, -0.25) is 4.79 Å². The Kier molecular flexibility index (Phi) is 6.17. The normalized spacial score (nSPS) is 16.0. The van der Waals surface area contributed by atoms with Crippen molar-refractivity contribution < 1.29 is 13.2 Å². The van der Waals surface area contributed by atoms with Crippen molar-refractivity contribution in [2.45, 2.75) is 51.3 Å². The molecule has 1 fully saturated rings. The van der Waals surface area contributed by atoms with Crippen molar-refractivity contribution in [3.05, 3.63) is 45.7 Å². The van der Waals surface area contributed by atoms with Crippen LogP contribution in [0.25, 0.3) is 0 Å². The maximum atomic E-state index is 13.2. The summed E-state index contributed by atoms with van der Waals surface area (Å²) >= 11 is 6.20. The van der Waals surface area contributed by atoms with Crippen LogP contribution in [-0.2, 0) is 10.0 Å². The molecule has 2 aromatic rings. The van der Waals surface area contributed by atoms with Crippen molar-refractivity contribution in [1.29, 1.82) is 0 Å². The first-order chi connectivity index (χ1) is 13.2. The topological polar surface area (TPSA) is 82.3 Å². The van der Waals surface area contributed by atoms with Crippen molar-refractivity contribution in [2.24, 2.45) is 0 Å². The standard InChI is InChI=1S/C20H26ClN3O3S/c1-13-8-9-17(16(21)12-13)23-20(25)18-14(2)19(15(3)22-18)28(26,27)24-10-6-4-5-7-11-24/h8-9,12,22H,4-7,10-11H2,1-3H3,(H,23,25). The number of rotatable bonds is 4. The van der Waals surface area contributed by atoms with Gasteiger partial charge in [0.25, 0.3) is 5.91 Å². The van der Waals surface area contributed by atoms with Gasteiger partial charge in [-0.1, -0.05) is 30.5 Å². The Morgan fingerprint density at radius 3 is 2.36 bits per heavy atom. The highest BCUT2D eigenvalue weighted by molar-refractivity contribution is 7.89. The molecule has 1 aromatic heterocycles. The van der Waals surface area contributed by atoms with E-state index in [4.69, 9.17) is 11.6 Å². The first-order valence-electron chi connectivity index (χ1n) is 9.48. The summed E-state index contributed by atoms with van der Waals surface area (Å²) in [5.74, 6) is -0.413. The zero-order chi connectivity index (χ0) is 20.5. The second-order valence-corrected chi connectivity index (χ2v) is 9.62. The molecule has 2 N–H and O–H groups in total. The highest BCUT2D eigenvalue weighted by Gasteiger charge is 2.32. The molecule has 6 nitrogen and oxygen atoms in total. The number of aromatic amines is 1. The van der Waals surface area contributed by atoms with Crippen LogP contribution < -0.4 is 5.32 Å². The fraction of sp³-hybridized carbons (Fsp3) is 0.450. The van der Waals surface area contributed by atoms with Gasteiger partial charge < -0.3 is 10.3 Å². The quantitative estimate of drug-likeness (QED) is 0.764. The molecule has 28 heavy (non-hydrogen) atoms. The lowest BCUT2D eigenvalue weighted by molar-refractivity contribution is 0.102. The smallest absolute Gasteiger partial charge is 0.272 e. The summed E-state index contributed by atoms with van der Waals surface area (Å²) in [6, 6.07) is 5.35. The van der Waals surface area contributed by atoms with Gasteiger partial charge in [0.15, 0.2) is 0 Å². The third-order valence-electron chi connectivity index (χ3n) is 5.13. The lowest BCUT2D eigenvalue weighted by atomic mass is 10.2. The monoisotopic (exact) mass is 423 g/mol. The number of aryl methyl sites for hydroxylation is 2. The first-order valence-corrected chi connectivity index (χ1v) is 11.3. The van der Waals surface area contributed by atoms with E-state index in [-0.39, 0.29) is 10.6 Å². The molecule has 0 atom stereocenters. The van der Waals surface area contributed by atoms with Crippen LogP contribution in [0.3, 0.4) is 0 Å². The number of nitrogens with zero attached hydrogens (tertiary/aromatic N) is 1. The van der Waals surface area contributed by atoms with E-state index in [1.165, 1.54) is 0 Å². The van der Waals surface area contributed by atoms with E-state index < -0.39 is 15.9 Å². The maximum Gasteiger partial charge on any atom is 0.272 e. The summed E-state index contributed by atoms with van der Waals surface area (Å²) in [4.78, 5) is 16.0. The third-order valence-corrected chi connectivity index (χ3v) is 7.62. The van der Waals surface area contributed by atoms with Crippen molar-refractivity contribution in [2.75, 3.05) is 18.4 Å². The molecule has 0 radical (unpaired) electrons. The van der Waals surface area contributed by atoms with Gasteiger partial charge in [-0.25, -0.2) is 8.42 Å². The molecule has 152 valence electrons.